The van der Waals surface area contributed by atoms with Crippen molar-refractivity contribution >= 4 is 45.7 Å². The van der Waals surface area contributed by atoms with Gasteiger partial charge in [0, 0.05) is 17.7 Å². The zero-order valence-corrected chi connectivity index (χ0v) is 24.6. The lowest BCUT2D eigenvalue weighted by Gasteiger charge is -2.22. The minimum Gasteiger partial charge on any atom is -0.507 e. The molecule has 0 spiro atoms. The Balaban J connectivity index is 1.38. The predicted octanol–water partition coefficient (Wildman–Crippen LogP) is 6.65. The summed E-state index contributed by atoms with van der Waals surface area (Å²) in [7, 11) is 0. The Morgan fingerprint density at radius 1 is 1.05 bits per heavy atom. The van der Waals surface area contributed by atoms with Crippen molar-refractivity contribution < 1.29 is 19.4 Å². The Morgan fingerprint density at radius 2 is 1.78 bits per heavy atom. The second-order valence-electron chi connectivity index (χ2n) is 10.3. The smallest absolute Gasteiger partial charge is 0.301 e. The van der Waals surface area contributed by atoms with E-state index in [9.17, 15) is 14.7 Å². The molecule has 6 rings (SSSR count). The van der Waals surface area contributed by atoms with Crippen LogP contribution in [0.25, 0.3) is 5.76 Å². The van der Waals surface area contributed by atoms with Crippen LogP contribution in [0.3, 0.4) is 0 Å². The standard InChI is InChI=1S/C32H29N3O4S2/c1-4-20-9-11-22(12-10-20)27-26(28(36)23-13-14-25-24(16-23)15-19(3)39-25)29(37)30(38)35(27)31-33-34-32(41-31)40-17-21-7-5-18(2)6-8-21/h5-14,16,19,27,36H,4,15,17H2,1-3H3/b28-26+. The van der Waals surface area contributed by atoms with Gasteiger partial charge in [-0.3, -0.25) is 14.5 Å². The van der Waals surface area contributed by atoms with Crippen LogP contribution >= 0.6 is 23.1 Å². The number of rotatable bonds is 7. The van der Waals surface area contributed by atoms with Gasteiger partial charge in [0.2, 0.25) is 5.13 Å². The highest BCUT2D eigenvalue weighted by Gasteiger charge is 2.48. The first-order valence-corrected chi connectivity index (χ1v) is 15.3. The van der Waals surface area contributed by atoms with Crippen molar-refractivity contribution in [1.82, 2.24) is 10.2 Å². The molecule has 2 aliphatic heterocycles. The number of nitrogens with zero attached hydrogens (tertiary/aromatic N) is 3. The molecule has 1 aromatic heterocycles. The predicted molar refractivity (Wildman–Crippen MR) is 161 cm³/mol. The van der Waals surface area contributed by atoms with Gasteiger partial charge in [-0.05, 0) is 60.7 Å². The summed E-state index contributed by atoms with van der Waals surface area (Å²) in [4.78, 5) is 28.5. The van der Waals surface area contributed by atoms with Crippen LogP contribution in [-0.4, -0.2) is 33.1 Å². The minimum atomic E-state index is -0.841. The average molecular weight is 584 g/mol. The summed E-state index contributed by atoms with van der Waals surface area (Å²) in [6.07, 6.45) is 1.61. The van der Waals surface area contributed by atoms with Crippen molar-refractivity contribution in [3.63, 3.8) is 0 Å². The third-order valence-corrected chi connectivity index (χ3v) is 9.53. The monoisotopic (exact) mass is 583 g/mol. The van der Waals surface area contributed by atoms with Crippen LogP contribution in [-0.2, 0) is 28.2 Å². The number of aliphatic hydroxyl groups excluding tert-OH is 1. The number of anilines is 1. The lowest BCUT2D eigenvalue weighted by atomic mass is 9.94. The molecule has 7 nitrogen and oxygen atoms in total. The van der Waals surface area contributed by atoms with Crippen molar-refractivity contribution in [3.8, 4) is 5.75 Å². The van der Waals surface area contributed by atoms with E-state index in [4.69, 9.17) is 4.74 Å². The molecule has 1 saturated heterocycles. The molecule has 0 saturated carbocycles. The quantitative estimate of drug-likeness (QED) is 0.0856. The third kappa shape index (κ3) is 5.27. The number of amides is 1. The Morgan fingerprint density at radius 3 is 2.51 bits per heavy atom. The number of carbonyl (C=O) groups is 2. The van der Waals surface area contributed by atoms with E-state index in [2.05, 4.69) is 41.4 Å². The van der Waals surface area contributed by atoms with Gasteiger partial charge in [0.1, 0.15) is 17.6 Å². The van der Waals surface area contributed by atoms with E-state index in [-0.39, 0.29) is 17.4 Å². The fourth-order valence-electron chi connectivity index (χ4n) is 5.19. The molecule has 2 aliphatic rings. The van der Waals surface area contributed by atoms with E-state index >= 15 is 0 Å². The molecule has 9 heteroatoms. The van der Waals surface area contributed by atoms with Gasteiger partial charge in [-0.1, -0.05) is 84.1 Å². The summed E-state index contributed by atoms with van der Waals surface area (Å²) in [5.41, 5.74) is 5.66. The normalized spacial score (nSPS) is 19.4. The van der Waals surface area contributed by atoms with Gasteiger partial charge in [-0.25, -0.2) is 0 Å². The lowest BCUT2D eigenvalue weighted by molar-refractivity contribution is -0.132. The SMILES string of the molecule is CCc1ccc(C2/C(=C(\O)c3ccc4c(c3)CC(C)O4)C(=O)C(=O)N2c2nnc(SCc3ccc(C)cc3)s2)cc1. The summed E-state index contributed by atoms with van der Waals surface area (Å²) in [5.74, 6) is -0.222. The topological polar surface area (TPSA) is 92.6 Å². The molecule has 1 amide bonds. The van der Waals surface area contributed by atoms with E-state index in [0.717, 1.165) is 28.9 Å². The van der Waals surface area contributed by atoms with Crippen molar-refractivity contribution in [3.05, 3.63) is 106 Å². The van der Waals surface area contributed by atoms with Crippen molar-refractivity contribution in [2.45, 2.75) is 55.9 Å². The molecule has 2 unspecified atom stereocenters. The molecule has 0 radical (unpaired) electrons. The number of ether oxygens (including phenoxy) is 1. The van der Waals surface area contributed by atoms with Crippen LogP contribution in [0.15, 0.2) is 76.6 Å². The molecule has 3 aromatic carbocycles. The molecular weight excluding hydrogens is 555 g/mol. The van der Waals surface area contributed by atoms with Crippen molar-refractivity contribution in [1.29, 1.82) is 0 Å². The zero-order valence-electron chi connectivity index (χ0n) is 23.0. The second-order valence-corrected chi connectivity index (χ2v) is 12.5. The number of hydrogen-bond donors (Lipinski definition) is 1. The fraction of sp³-hybridized carbons (Fsp3) is 0.250. The summed E-state index contributed by atoms with van der Waals surface area (Å²) >= 11 is 2.79. The first kappa shape index (κ1) is 27.2. The molecule has 4 aromatic rings. The van der Waals surface area contributed by atoms with Gasteiger partial charge in [0.15, 0.2) is 4.34 Å². The third-order valence-electron chi connectivity index (χ3n) is 7.40. The second kappa shape index (κ2) is 11.1. The zero-order chi connectivity index (χ0) is 28.7. The number of aromatic nitrogens is 2. The number of ketones is 1. The Kier molecular flexibility index (Phi) is 7.40. The summed E-state index contributed by atoms with van der Waals surface area (Å²) in [6, 6.07) is 20.6. The van der Waals surface area contributed by atoms with E-state index in [1.165, 1.54) is 33.6 Å². The first-order chi connectivity index (χ1) is 19.8. The number of aryl methyl sites for hydroxylation is 2. The van der Waals surface area contributed by atoms with Gasteiger partial charge in [0.25, 0.3) is 5.78 Å². The van der Waals surface area contributed by atoms with Crippen LogP contribution in [0.2, 0.25) is 0 Å². The van der Waals surface area contributed by atoms with Gasteiger partial charge < -0.3 is 9.84 Å². The van der Waals surface area contributed by atoms with Gasteiger partial charge in [-0.2, -0.15) is 0 Å². The van der Waals surface area contributed by atoms with E-state index < -0.39 is 17.7 Å². The maximum absolute atomic E-state index is 13.6. The fourth-order valence-corrected chi connectivity index (χ4v) is 7.02. The van der Waals surface area contributed by atoms with Crippen LogP contribution in [0, 0.1) is 6.92 Å². The molecule has 208 valence electrons. The molecule has 3 heterocycles. The largest absolute Gasteiger partial charge is 0.507 e. The highest BCUT2D eigenvalue weighted by Crippen LogP contribution is 2.44. The number of carbonyl (C=O) groups excluding carboxylic acids is 2. The van der Waals surface area contributed by atoms with Gasteiger partial charge in [0.05, 0.1) is 11.6 Å². The Bertz CT molecular complexity index is 1660. The highest BCUT2D eigenvalue weighted by atomic mass is 32.2. The molecule has 1 fully saturated rings. The van der Waals surface area contributed by atoms with Crippen molar-refractivity contribution in [2.24, 2.45) is 0 Å². The molecular formula is C32H29N3O4S2. The lowest BCUT2D eigenvalue weighted by Crippen LogP contribution is -2.29. The molecule has 2 atom stereocenters. The van der Waals surface area contributed by atoms with Crippen LogP contribution in [0.4, 0.5) is 5.13 Å². The maximum Gasteiger partial charge on any atom is 0.301 e. The Labute approximate surface area is 246 Å². The maximum atomic E-state index is 13.6. The number of hydrogen-bond acceptors (Lipinski definition) is 8. The molecule has 0 bridgehead atoms. The highest BCUT2D eigenvalue weighted by molar-refractivity contribution is 8.00. The van der Waals surface area contributed by atoms with E-state index in [0.29, 0.717) is 32.8 Å². The van der Waals surface area contributed by atoms with E-state index in [1.54, 1.807) is 12.1 Å². The molecule has 41 heavy (non-hydrogen) atoms. The Hall–Kier alpha value is -3.95. The van der Waals surface area contributed by atoms with Crippen LogP contribution in [0.1, 0.15) is 53.3 Å². The van der Waals surface area contributed by atoms with Gasteiger partial charge >= 0.3 is 5.91 Å². The molecule has 1 N–H and O–H groups in total. The van der Waals surface area contributed by atoms with Crippen LogP contribution in [0.5, 0.6) is 5.75 Å². The number of Topliss-reactive ketones (excluding diaryl/α,β-unsaturated/α-hetero) is 1. The summed E-state index contributed by atoms with van der Waals surface area (Å²) < 4.78 is 6.50. The average Bonchev–Trinajstić information content (AvgIpc) is 3.67. The first-order valence-electron chi connectivity index (χ1n) is 13.5. The minimum absolute atomic E-state index is 0.0372. The summed E-state index contributed by atoms with van der Waals surface area (Å²) in [5, 5.41) is 20.5. The number of benzene rings is 3. The van der Waals surface area contributed by atoms with Crippen LogP contribution < -0.4 is 9.64 Å². The van der Waals surface area contributed by atoms with Crippen molar-refractivity contribution in [2.75, 3.05) is 4.90 Å². The van der Waals surface area contributed by atoms with E-state index in [1.807, 2.05) is 44.2 Å². The number of thioether (sulfide) groups is 1. The van der Waals surface area contributed by atoms with Gasteiger partial charge in [-0.15, -0.1) is 10.2 Å². The molecule has 0 aliphatic carbocycles. The number of aliphatic hydroxyl groups is 1. The summed E-state index contributed by atoms with van der Waals surface area (Å²) in [6.45, 7) is 6.10. The number of fused-ring (bicyclic) bond motifs is 1.